The van der Waals surface area contributed by atoms with Gasteiger partial charge in [-0.1, -0.05) is 23.2 Å². The Labute approximate surface area is 131 Å². The molecule has 0 fully saturated rings. The van der Waals surface area contributed by atoms with Gasteiger partial charge in [0.1, 0.15) is 10.6 Å². The van der Waals surface area contributed by atoms with Crippen molar-refractivity contribution in [1.29, 1.82) is 0 Å². The first-order chi connectivity index (χ1) is 9.69. The van der Waals surface area contributed by atoms with E-state index in [9.17, 15) is 13.2 Å². The summed E-state index contributed by atoms with van der Waals surface area (Å²) >= 11 is 11.6. The smallest absolute Gasteiger partial charge is 0.352 e. The largest absolute Gasteiger partial charge is 0.477 e. The van der Waals surface area contributed by atoms with Gasteiger partial charge in [-0.2, -0.15) is 0 Å². The SMILES string of the molecule is Cn1cc(S(=O)(=O)Nc2cc(Cl)cc(Cl)c2)cc1C(=O)O. The number of halogens is 2. The zero-order valence-electron chi connectivity index (χ0n) is 10.7. The molecule has 2 aromatic rings. The summed E-state index contributed by atoms with van der Waals surface area (Å²) in [7, 11) is -2.49. The third-order valence-corrected chi connectivity index (χ3v) is 4.41. The maximum Gasteiger partial charge on any atom is 0.352 e. The summed E-state index contributed by atoms with van der Waals surface area (Å²) < 4.78 is 27.9. The fourth-order valence-corrected chi connectivity index (χ4v) is 3.36. The Morgan fingerprint density at radius 1 is 1.19 bits per heavy atom. The number of rotatable bonds is 4. The highest BCUT2D eigenvalue weighted by Gasteiger charge is 2.20. The van der Waals surface area contributed by atoms with Crippen LogP contribution in [0.5, 0.6) is 0 Å². The molecule has 0 bridgehead atoms. The van der Waals surface area contributed by atoms with Crippen molar-refractivity contribution in [1.82, 2.24) is 4.57 Å². The fraction of sp³-hybridized carbons (Fsp3) is 0.0833. The van der Waals surface area contributed by atoms with Crippen molar-refractivity contribution in [3.05, 3.63) is 46.2 Å². The minimum absolute atomic E-state index is 0.139. The van der Waals surface area contributed by atoms with Crippen molar-refractivity contribution in [3.8, 4) is 0 Å². The van der Waals surface area contributed by atoms with E-state index in [1.165, 1.54) is 36.0 Å². The average Bonchev–Trinajstić information content (AvgIpc) is 2.70. The van der Waals surface area contributed by atoms with Gasteiger partial charge < -0.3 is 9.67 Å². The predicted octanol–water partition coefficient (Wildman–Crippen LogP) is 2.83. The molecule has 0 radical (unpaired) electrons. The average molecular weight is 349 g/mol. The number of sulfonamides is 1. The van der Waals surface area contributed by atoms with Crippen LogP contribution in [0.3, 0.4) is 0 Å². The molecule has 0 unspecified atom stereocenters. The Morgan fingerprint density at radius 2 is 1.76 bits per heavy atom. The zero-order chi connectivity index (χ0) is 15.8. The molecule has 2 rings (SSSR count). The van der Waals surface area contributed by atoms with Crippen LogP contribution in [0.4, 0.5) is 5.69 Å². The van der Waals surface area contributed by atoms with Crippen molar-refractivity contribution in [3.63, 3.8) is 0 Å². The monoisotopic (exact) mass is 348 g/mol. The minimum atomic E-state index is -3.93. The van der Waals surface area contributed by atoms with E-state index in [2.05, 4.69) is 4.72 Å². The van der Waals surface area contributed by atoms with Crippen LogP contribution >= 0.6 is 23.2 Å². The van der Waals surface area contributed by atoms with E-state index in [1.54, 1.807) is 0 Å². The lowest BCUT2D eigenvalue weighted by molar-refractivity contribution is 0.0686. The second-order valence-electron chi connectivity index (χ2n) is 4.24. The van der Waals surface area contributed by atoms with E-state index >= 15 is 0 Å². The number of carboxylic acid groups (broad SMARTS) is 1. The van der Waals surface area contributed by atoms with E-state index < -0.39 is 16.0 Å². The van der Waals surface area contributed by atoms with Crippen LogP contribution in [0, 0.1) is 0 Å². The Morgan fingerprint density at radius 3 is 2.24 bits per heavy atom. The molecule has 1 aromatic carbocycles. The number of nitrogens with one attached hydrogen (secondary N) is 1. The van der Waals surface area contributed by atoms with Gasteiger partial charge in [0.25, 0.3) is 10.0 Å². The minimum Gasteiger partial charge on any atom is -0.477 e. The van der Waals surface area contributed by atoms with Crippen LogP contribution in [-0.4, -0.2) is 24.1 Å². The van der Waals surface area contributed by atoms with Gasteiger partial charge in [-0.25, -0.2) is 13.2 Å². The molecule has 1 heterocycles. The van der Waals surface area contributed by atoms with Crippen LogP contribution in [0.15, 0.2) is 35.4 Å². The van der Waals surface area contributed by atoms with E-state index in [0.29, 0.717) is 0 Å². The third-order valence-electron chi connectivity index (χ3n) is 2.62. The molecule has 0 amide bonds. The lowest BCUT2D eigenvalue weighted by Crippen LogP contribution is -2.12. The number of benzene rings is 1. The number of hydrogen-bond acceptors (Lipinski definition) is 3. The molecular weight excluding hydrogens is 339 g/mol. The molecule has 112 valence electrons. The maximum atomic E-state index is 12.2. The van der Waals surface area contributed by atoms with Crippen molar-refractivity contribution in [2.24, 2.45) is 7.05 Å². The summed E-state index contributed by atoms with van der Waals surface area (Å²) in [6.45, 7) is 0. The normalized spacial score (nSPS) is 11.4. The van der Waals surface area contributed by atoms with E-state index in [-0.39, 0.29) is 26.3 Å². The van der Waals surface area contributed by atoms with Gasteiger partial charge in [0, 0.05) is 23.3 Å². The summed E-state index contributed by atoms with van der Waals surface area (Å²) in [5.74, 6) is -1.22. The number of carboxylic acids is 1. The van der Waals surface area contributed by atoms with Crippen molar-refractivity contribution < 1.29 is 18.3 Å². The molecule has 6 nitrogen and oxygen atoms in total. The Balaban J connectivity index is 2.38. The summed E-state index contributed by atoms with van der Waals surface area (Å²) in [6, 6.07) is 5.32. The molecule has 0 spiro atoms. The highest BCUT2D eigenvalue weighted by molar-refractivity contribution is 7.92. The van der Waals surface area contributed by atoms with Gasteiger partial charge in [0.15, 0.2) is 0 Å². The van der Waals surface area contributed by atoms with Crippen molar-refractivity contribution in [2.45, 2.75) is 4.90 Å². The van der Waals surface area contributed by atoms with Crippen molar-refractivity contribution >= 4 is 44.9 Å². The highest BCUT2D eigenvalue weighted by Crippen LogP contribution is 2.25. The van der Waals surface area contributed by atoms with Crippen LogP contribution in [-0.2, 0) is 17.1 Å². The molecule has 21 heavy (non-hydrogen) atoms. The maximum absolute atomic E-state index is 12.2. The first kappa shape index (κ1) is 15.7. The number of aromatic nitrogens is 1. The van der Waals surface area contributed by atoms with Crippen LogP contribution in [0.25, 0.3) is 0 Å². The van der Waals surface area contributed by atoms with Crippen molar-refractivity contribution in [2.75, 3.05) is 4.72 Å². The molecule has 0 aliphatic carbocycles. The highest BCUT2D eigenvalue weighted by atomic mass is 35.5. The van der Waals surface area contributed by atoms with E-state index in [4.69, 9.17) is 28.3 Å². The molecule has 2 N–H and O–H groups in total. The number of aryl methyl sites for hydroxylation is 1. The van der Waals surface area contributed by atoms with E-state index in [0.717, 1.165) is 6.07 Å². The summed E-state index contributed by atoms with van der Waals surface area (Å²) in [5, 5.41) is 9.49. The van der Waals surface area contributed by atoms with Gasteiger partial charge in [-0.3, -0.25) is 4.72 Å². The van der Waals surface area contributed by atoms with Crippen LogP contribution in [0.1, 0.15) is 10.5 Å². The number of anilines is 1. The standard InChI is InChI=1S/C12H10Cl2N2O4S/c1-16-6-10(5-11(16)12(17)18)21(19,20)15-9-3-7(13)2-8(14)4-9/h2-6,15H,1H3,(H,17,18). The fourth-order valence-electron chi connectivity index (χ4n) is 1.72. The molecule has 0 aliphatic rings. The van der Waals surface area contributed by atoms with E-state index in [1.807, 2.05) is 0 Å². The number of carbonyl (C=O) groups is 1. The Hall–Kier alpha value is -1.70. The Kier molecular flexibility index (Phi) is 4.18. The number of aromatic carboxylic acids is 1. The lowest BCUT2D eigenvalue weighted by atomic mass is 10.3. The first-order valence-corrected chi connectivity index (χ1v) is 7.81. The topological polar surface area (TPSA) is 88.4 Å². The zero-order valence-corrected chi connectivity index (χ0v) is 13.0. The van der Waals surface area contributed by atoms with Gasteiger partial charge in [-0.15, -0.1) is 0 Å². The van der Waals surface area contributed by atoms with Gasteiger partial charge in [0.2, 0.25) is 0 Å². The van der Waals surface area contributed by atoms with Gasteiger partial charge in [-0.05, 0) is 24.3 Å². The summed E-state index contributed by atoms with van der Waals surface area (Å²) in [5.41, 5.74) is 0.0488. The third kappa shape index (κ3) is 3.49. The molecule has 0 saturated heterocycles. The summed E-state index contributed by atoms with van der Waals surface area (Å²) in [4.78, 5) is 10.8. The number of nitrogens with zero attached hydrogens (tertiary/aromatic N) is 1. The Bertz CT molecular complexity index is 794. The predicted molar refractivity (Wildman–Crippen MR) is 79.6 cm³/mol. The molecular formula is C12H10Cl2N2O4S. The quantitative estimate of drug-likeness (QED) is 0.888. The summed E-state index contributed by atoms with van der Waals surface area (Å²) in [6.07, 6.45) is 1.21. The second kappa shape index (κ2) is 5.59. The van der Waals surface area contributed by atoms with Gasteiger partial charge in [0.05, 0.1) is 5.69 Å². The van der Waals surface area contributed by atoms with Crippen LogP contribution in [0.2, 0.25) is 10.0 Å². The lowest BCUT2D eigenvalue weighted by Gasteiger charge is -2.07. The van der Waals surface area contributed by atoms with Gasteiger partial charge >= 0.3 is 5.97 Å². The second-order valence-corrected chi connectivity index (χ2v) is 6.80. The molecule has 0 saturated carbocycles. The molecule has 9 heteroatoms. The first-order valence-electron chi connectivity index (χ1n) is 5.57. The number of hydrogen-bond donors (Lipinski definition) is 2. The van der Waals surface area contributed by atoms with Crippen LogP contribution < -0.4 is 4.72 Å². The molecule has 1 aromatic heterocycles. The molecule has 0 aliphatic heterocycles. The molecule has 0 atom stereocenters.